The molecule has 0 aliphatic rings. The van der Waals surface area contributed by atoms with Crippen LogP contribution in [0.3, 0.4) is 0 Å². The van der Waals surface area contributed by atoms with Gasteiger partial charge in [0.25, 0.3) is 0 Å². The summed E-state index contributed by atoms with van der Waals surface area (Å²) >= 11 is 0. The molecule has 1 aromatic carbocycles. The number of rotatable bonds is 0. The van der Waals surface area contributed by atoms with Crippen LogP contribution in [-0.4, -0.2) is 9.97 Å². The minimum absolute atomic E-state index is 0.146. The quantitative estimate of drug-likeness (QED) is 0.713. The van der Waals surface area contributed by atoms with Crippen LogP contribution in [0.4, 0.5) is 0 Å². The molecule has 2 rings (SSSR count). The highest BCUT2D eigenvalue weighted by Gasteiger charge is 2.23. The number of H-pyrrole nitrogens is 1. The molecular weight excluding hydrogens is 196 g/mol. The summed E-state index contributed by atoms with van der Waals surface area (Å²) in [4.78, 5) is 7.73. The second kappa shape index (κ2) is 3.34. The summed E-state index contributed by atoms with van der Waals surface area (Å²) in [6.07, 6.45) is 1.80. The molecule has 0 bridgehead atoms. The van der Waals surface area contributed by atoms with Crippen molar-refractivity contribution < 1.29 is 0 Å². The Balaban J connectivity index is 2.97. The van der Waals surface area contributed by atoms with Gasteiger partial charge in [0.2, 0.25) is 0 Å². The van der Waals surface area contributed by atoms with Crippen molar-refractivity contribution in [2.75, 3.05) is 0 Å². The molecule has 2 nitrogen and oxygen atoms in total. The van der Waals surface area contributed by atoms with Crippen LogP contribution in [0.15, 0.2) is 6.33 Å². The van der Waals surface area contributed by atoms with Gasteiger partial charge in [0.1, 0.15) is 0 Å². The average Bonchev–Trinajstić information content (AvgIpc) is 2.61. The van der Waals surface area contributed by atoms with Gasteiger partial charge in [-0.05, 0) is 48.4 Å². The first kappa shape index (κ1) is 11.2. The molecule has 0 atom stereocenters. The van der Waals surface area contributed by atoms with E-state index in [1.807, 2.05) is 0 Å². The molecule has 0 saturated carbocycles. The minimum atomic E-state index is 0.146. The first-order valence-corrected chi connectivity index (χ1v) is 5.77. The molecule has 0 radical (unpaired) electrons. The SMILES string of the molecule is Cc1c(C)c(C(C)(C)C)c2[nH]cnc2c1C. The van der Waals surface area contributed by atoms with Crippen molar-refractivity contribution in [3.63, 3.8) is 0 Å². The van der Waals surface area contributed by atoms with Gasteiger partial charge in [-0.3, -0.25) is 0 Å². The lowest BCUT2D eigenvalue weighted by molar-refractivity contribution is 0.590. The maximum Gasteiger partial charge on any atom is 0.0932 e. The molecular formula is C14H20N2. The van der Waals surface area contributed by atoms with Crippen molar-refractivity contribution in [2.24, 2.45) is 0 Å². The molecule has 0 amide bonds. The molecule has 0 saturated heterocycles. The molecule has 2 heteroatoms. The predicted molar refractivity (Wildman–Crippen MR) is 69.0 cm³/mol. The van der Waals surface area contributed by atoms with E-state index in [4.69, 9.17) is 0 Å². The summed E-state index contributed by atoms with van der Waals surface area (Å²) in [5.74, 6) is 0. The van der Waals surface area contributed by atoms with Gasteiger partial charge in [-0.25, -0.2) is 4.98 Å². The fourth-order valence-corrected chi connectivity index (χ4v) is 2.54. The topological polar surface area (TPSA) is 28.7 Å². The first-order valence-electron chi connectivity index (χ1n) is 5.77. The van der Waals surface area contributed by atoms with E-state index in [2.05, 4.69) is 51.5 Å². The smallest absolute Gasteiger partial charge is 0.0932 e. The highest BCUT2D eigenvalue weighted by Crippen LogP contribution is 2.35. The molecule has 1 N–H and O–H groups in total. The van der Waals surface area contributed by atoms with E-state index in [9.17, 15) is 0 Å². The summed E-state index contributed by atoms with van der Waals surface area (Å²) in [5.41, 5.74) is 7.91. The number of fused-ring (bicyclic) bond motifs is 1. The fourth-order valence-electron chi connectivity index (χ4n) is 2.54. The van der Waals surface area contributed by atoms with Crippen LogP contribution < -0.4 is 0 Å². The molecule has 16 heavy (non-hydrogen) atoms. The second-order valence-electron chi connectivity index (χ2n) is 5.63. The molecule has 86 valence electrons. The van der Waals surface area contributed by atoms with Gasteiger partial charge in [-0.1, -0.05) is 20.8 Å². The Morgan fingerprint density at radius 1 is 1.00 bits per heavy atom. The number of hydrogen-bond donors (Lipinski definition) is 1. The number of aromatic nitrogens is 2. The van der Waals surface area contributed by atoms with Gasteiger partial charge in [-0.15, -0.1) is 0 Å². The highest BCUT2D eigenvalue weighted by atomic mass is 14.9. The largest absolute Gasteiger partial charge is 0.344 e. The van der Waals surface area contributed by atoms with Crippen molar-refractivity contribution in [3.8, 4) is 0 Å². The third kappa shape index (κ3) is 1.44. The van der Waals surface area contributed by atoms with Crippen molar-refractivity contribution in [1.29, 1.82) is 0 Å². The summed E-state index contributed by atoms with van der Waals surface area (Å²) < 4.78 is 0. The molecule has 2 aromatic rings. The molecule has 0 aliphatic carbocycles. The van der Waals surface area contributed by atoms with Crippen LogP contribution in [0.5, 0.6) is 0 Å². The van der Waals surface area contributed by atoms with E-state index in [0.29, 0.717) is 0 Å². The van der Waals surface area contributed by atoms with Gasteiger partial charge in [0, 0.05) is 0 Å². The molecule has 0 unspecified atom stereocenters. The molecule has 0 spiro atoms. The van der Waals surface area contributed by atoms with Crippen molar-refractivity contribution in [3.05, 3.63) is 28.6 Å². The standard InChI is InChI=1S/C14H20N2/c1-8-9(2)11(14(4,5)6)13-12(10(8)3)15-7-16-13/h7H,1-6H3,(H,15,16). The Morgan fingerprint density at radius 2 is 1.62 bits per heavy atom. The highest BCUT2D eigenvalue weighted by molar-refractivity contribution is 5.85. The number of aromatic amines is 1. The Morgan fingerprint density at radius 3 is 2.19 bits per heavy atom. The van der Waals surface area contributed by atoms with E-state index in [1.54, 1.807) is 6.33 Å². The monoisotopic (exact) mass is 216 g/mol. The predicted octanol–water partition coefficient (Wildman–Crippen LogP) is 3.79. The zero-order valence-electron chi connectivity index (χ0n) is 11.0. The average molecular weight is 216 g/mol. The van der Waals surface area contributed by atoms with E-state index >= 15 is 0 Å². The lowest BCUT2D eigenvalue weighted by Gasteiger charge is -2.24. The molecule has 1 heterocycles. The summed E-state index contributed by atoms with van der Waals surface area (Å²) in [6.45, 7) is 13.3. The maximum atomic E-state index is 4.44. The van der Waals surface area contributed by atoms with E-state index in [-0.39, 0.29) is 5.41 Å². The van der Waals surface area contributed by atoms with Crippen LogP contribution in [0.1, 0.15) is 43.0 Å². The third-order valence-electron chi connectivity index (χ3n) is 3.49. The van der Waals surface area contributed by atoms with Crippen LogP contribution in [0.25, 0.3) is 11.0 Å². The molecule has 0 fully saturated rings. The number of benzene rings is 1. The minimum Gasteiger partial charge on any atom is -0.344 e. The Labute approximate surface area is 97.1 Å². The molecule has 0 aliphatic heterocycles. The summed E-state index contributed by atoms with van der Waals surface area (Å²) in [6, 6.07) is 0. The van der Waals surface area contributed by atoms with Gasteiger partial charge >= 0.3 is 0 Å². The third-order valence-corrected chi connectivity index (χ3v) is 3.49. The number of hydrogen-bond acceptors (Lipinski definition) is 1. The van der Waals surface area contributed by atoms with Crippen LogP contribution in [0, 0.1) is 20.8 Å². The first-order chi connectivity index (χ1) is 7.34. The lowest BCUT2D eigenvalue weighted by atomic mass is 9.80. The summed E-state index contributed by atoms with van der Waals surface area (Å²) in [5, 5.41) is 0. The van der Waals surface area contributed by atoms with Gasteiger partial charge in [0.05, 0.1) is 17.4 Å². The Kier molecular flexibility index (Phi) is 2.33. The Bertz CT molecular complexity index is 542. The lowest BCUT2D eigenvalue weighted by Crippen LogP contribution is -2.15. The number of nitrogens with zero attached hydrogens (tertiary/aromatic N) is 1. The van der Waals surface area contributed by atoms with Gasteiger partial charge < -0.3 is 4.98 Å². The van der Waals surface area contributed by atoms with Crippen LogP contribution in [-0.2, 0) is 5.41 Å². The zero-order valence-corrected chi connectivity index (χ0v) is 11.0. The second-order valence-corrected chi connectivity index (χ2v) is 5.63. The summed E-state index contributed by atoms with van der Waals surface area (Å²) in [7, 11) is 0. The van der Waals surface area contributed by atoms with Gasteiger partial charge in [0.15, 0.2) is 0 Å². The van der Waals surface area contributed by atoms with E-state index < -0.39 is 0 Å². The van der Waals surface area contributed by atoms with E-state index in [0.717, 1.165) is 5.52 Å². The number of aryl methyl sites for hydroxylation is 1. The normalized spacial score (nSPS) is 12.4. The Hall–Kier alpha value is -1.31. The zero-order chi connectivity index (χ0) is 12.1. The van der Waals surface area contributed by atoms with Crippen LogP contribution >= 0.6 is 0 Å². The van der Waals surface area contributed by atoms with Crippen molar-refractivity contribution >= 4 is 11.0 Å². The van der Waals surface area contributed by atoms with E-state index in [1.165, 1.54) is 27.8 Å². The maximum absolute atomic E-state index is 4.44. The number of imidazole rings is 1. The number of nitrogens with one attached hydrogen (secondary N) is 1. The fraction of sp³-hybridized carbons (Fsp3) is 0.500. The van der Waals surface area contributed by atoms with Crippen molar-refractivity contribution in [2.45, 2.75) is 47.0 Å². The van der Waals surface area contributed by atoms with Crippen LogP contribution in [0.2, 0.25) is 0 Å². The van der Waals surface area contributed by atoms with Crippen molar-refractivity contribution in [1.82, 2.24) is 9.97 Å². The van der Waals surface area contributed by atoms with Gasteiger partial charge in [-0.2, -0.15) is 0 Å². The molecule has 1 aromatic heterocycles.